The molecule has 2 aromatic rings. The van der Waals surface area contributed by atoms with Crippen LogP contribution in [0.25, 0.3) is 11.1 Å². The van der Waals surface area contributed by atoms with Crippen LogP contribution in [0.15, 0.2) is 51.0 Å². The molecule has 0 spiro atoms. The minimum Gasteiger partial charge on any atom is -0.340 e. The molecular weight excluding hydrogens is 420 g/mol. The van der Waals surface area contributed by atoms with E-state index in [1.54, 1.807) is 11.3 Å². The maximum atomic E-state index is 4.83. The number of thiophene rings is 1. The summed E-state index contributed by atoms with van der Waals surface area (Å²) >= 11 is 3.58. The Labute approximate surface area is 196 Å². The topological polar surface area (TPSA) is 22.1 Å². The first-order valence-corrected chi connectivity index (χ1v) is 13.6. The van der Waals surface area contributed by atoms with E-state index in [0.717, 1.165) is 32.2 Å². The molecule has 1 saturated heterocycles. The van der Waals surface area contributed by atoms with Crippen LogP contribution < -0.4 is 0 Å². The predicted octanol–water partition coefficient (Wildman–Crippen LogP) is 6.07. The van der Waals surface area contributed by atoms with Crippen LogP contribution in [0.5, 0.6) is 0 Å². The third-order valence-electron chi connectivity index (χ3n) is 6.39. The average Bonchev–Trinajstić information content (AvgIpc) is 3.46. The van der Waals surface area contributed by atoms with Crippen molar-refractivity contribution in [2.24, 2.45) is 4.99 Å². The summed E-state index contributed by atoms with van der Waals surface area (Å²) in [6, 6.07) is 12.0. The number of guanidine groups is 1. The summed E-state index contributed by atoms with van der Waals surface area (Å²) in [5, 5.41) is 4.34. The van der Waals surface area contributed by atoms with Crippen LogP contribution in [-0.4, -0.2) is 65.4 Å². The van der Waals surface area contributed by atoms with E-state index in [0.29, 0.717) is 0 Å². The van der Waals surface area contributed by atoms with E-state index in [-0.39, 0.29) is 0 Å². The molecule has 0 radical (unpaired) electrons. The molecule has 31 heavy (non-hydrogen) atoms. The molecule has 0 unspecified atom stereocenters. The number of hydrogen-bond acceptors (Lipinski definition) is 6. The van der Waals surface area contributed by atoms with Crippen molar-refractivity contribution in [3.63, 3.8) is 0 Å². The van der Waals surface area contributed by atoms with Crippen LogP contribution in [0, 0.1) is 0 Å². The van der Waals surface area contributed by atoms with Crippen LogP contribution in [0.2, 0.25) is 0 Å². The molecule has 5 rings (SSSR count). The Hall–Kier alpha value is -1.50. The predicted molar refractivity (Wildman–Crippen MR) is 136 cm³/mol. The molecule has 0 N–H and O–H groups in total. The van der Waals surface area contributed by atoms with Crippen LogP contribution in [0.3, 0.4) is 0 Å². The van der Waals surface area contributed by atoms with Crippen molar-refractivity contribution in [2.75, 3.05) is 39.3 Å². The molecule has 0 amide bonds. The van der Waals surface area contributed by atoms with Crippen molar-refractivity contribution < 1.29 is 0 Å². The largest absolute Gasteiger partial charge is 0.340 e. The first-order valence-electron chi connectivity index (χ1n) is 11.9. The zero-order valence-corrected chi connectivity index (χ0v) is 20.6. The van der Waals surface area contributed by atoms with Crippen LogP contribution >= 0.6 is 23.3 Å². The second-order valence-electron chi connectivity index (χ2n) is 8.52. The van der Waals surface area contributed by atoms with Crippen molar-refractivity contribution in [1.29, 1.82) is 0 Å². The molecular formula is C25H36N4S2. The van der Waals surface area contributed by atoms with Gasteiger partial charge in [-0.05, 0) is 64.9 Å². The molecule has 4 nitrogen and oxygen atoms in total. The SMILES string of the molecule is CCCC.c1cc(-c2ccc(SN3CCN=C3N3CCN(C4CCC4)CC3)cc2)cs1. The highest BCUT2D eigenvalue weighted by molar-refractivity contribution is 7.97. The lowest BCUT2D eigenvalue weighted by Crippen LogP contribution is -2.55. The molecule has 3 aliphatic rings. The van der Waals surface area contributed by atoms with Crippen molar-refractivity contribution >= 4 is 29.2 Å². The Bertz CT molecular complexity index is 805. The fraction of sp³-hybridized carbons (Fsp3) is 0.560. The van der Waals surface area contributed by atoms with E-state index in [1.165, 1.54) is 67.2 Å². The van der Waals surface area contributed by atoms with Gasteiger partial charge in [0.25, 0.3) is 0 Å². The Morgan fingerprint density at radius 2 is 1.68 bits per heavy atom. The van der Waals surface area contributed by atoms with E-state index in [4.69, 9.17) is 4.99 Å². The lowest BCUT2D eigenvalue weighted by Gasteiger charge is -2.44. The van der Waals surface area contributed by atoms with Gasteiger partial charge in [0, 0.05) is 37.1 Å². The van der Waals surface area contributed by atoms with Gasteiger partial charge in [-0.15, -0.1) is 0 Å². The van der Waals surface area contributed by atoms with Crippen LogP contribution in [0.1, 0.15) is 46.0 Å². The van der Waals surface area contributed by atoms with Gasteiger partial charge in [-0.25, -0.2) is 0 Å². The van der Waals surface area contributed by atoms with Crippen LogP contribution in [0.4, 0.5) is 0 Å². The second kappa shape index (κ2) is 11.4. The molecule has 2 fully saturated rings. The summed E-state index contributed by atoms with van der Waals surface area (Å²) in [7, 11) is 0. The van der Waals surface area contributed by atoms with Crippen molar-refractivity contribution in [3.05, 3.63) is 41.1 Å². The fourth-order valence-electron chi connectivity index (χ4n) is 4.07. The van der Waals surface area contributed by atoms with Crippen molar-refractivity contribution in [3.8, 4) is 11.1 Å². The number of hydrogen-bond donors (Lipinski definition) is 0. The fourth-order valence-corrected chi connectivity index (χ4v) is 5.67. The molecule has 0 bridgehead atoms. The molecule has 3 heterocycles. The van der Waals surface area contributed by atoms with E-state index in [2.05, 4.69) is 69.0 Å². The molecule has 168 valence electrons. The number of nitrogens with zero attached hydrogens (tertiary/aromatic N) is 4. The first kappa shape index (κ1) is 22.7. The molecule has 2 aliphatic heterocycles. The molecule has 1 aliphatic carbocycles. The summed E-state index contributed by atoms with van der Waals surface area (Å²) < 4.78 is 2.39. The van der Waals surface area contributed by atoms with Crippen molar-refractivity contribution in [1.82, 2.24) is 14.1 Å². The molecule has 0 atom stereocenters. The normalized spacial score (nSPS) is 19.6. The summed E-state index contributed by atoms with van der Waals surface area (Å²) in [6.07, 6.45) is 6.88. The van der Waals surface area contributed by atoms with Gasteiger partial charge in [0.15, 0.2) is 0 Å². The number of rotatable bonds is 5. The zero-order valence-electron chi connectivity index (χ0n) is 19.0. The Balaban J connectivity index is 0.000000535. The van der Waals surface area contributed by atoms with Gasteiger partial charge in [0.2, 0.25) is 5.96 Å². The maximum Gasteiger partial charge on any atom is 0.207 e. The van der Waals surface area contributed by atoms with Gasteiger partial charge in [-0.1, -0.05) is 45.2 Å². The van der Waals surface area contributed by atoms with E-state index in [1.807, 2.05) is 11.9 Å². The second-order valence-corrected chi connectivity index (χ2v) is 10.4. The third kappa shape index (κ3) is 5.85. The summed E-state index contributed by atoms with van der Waals surface area (Å²) in [4.78, 5) is 11.3. The third-order valence-corrected chi connectivity index (χ3v) is 8.12. The van der Waals surface area contributed by atoms with Gasteiger partial charge in [-0.3, -0.25) is 14.2 Å². The van der Waals surface area contributed by atoms with Crippen LogP contribution in [-0.2, 0) is 0 Å². The smallest absolute Gasteiger partial charge is 0.207 e. The minimum atomic E-state index is 0.866. The molecule has 1 saturated carbocycles. The summed E-state index contributed by atoms with van der Waals surface area (Å²) in [6.45, 7) is 10.9. The Kier molecular flexibility index (Phi) is 8.34. The highest BCUT2D eigenvalue weighted by atomic mass is 32.2. The number of unbranched alkanes of at least 4 members (excludes halogenated alkanes) is 1. The van der Waals surface area contributed by atoms with Gasteiger partial charge in [-0.2, -0.15) is 11.3 Å². The van der Waals surface area contributed by atoms with Gasteiger partial charge in [0.05, 0.1) is 13.1 Å². The quantitative estimate of drug-likeness (QED) is 0.509. The van der Waals surface area contributed by atoms with E-state index >= 15 is 0 Å². The Morgan fingerprint density at radius 1 is 0.935 bits per heavy atom. The lowest BCUT2D eigenvalue weighted by molar-refractivity contribution is 0.0835. The molecule has 1 aromatic heterocycles. The number of benzene rings is 1. The first-order chi connectivity index (χ1) is 15.3. The van der Waals surface area contributed by atoms with Gasteiger partial charge < -0.3 is 4.90 Å². The standard InChI is InChI=1S/C21H26N4S2.C4H10/c1-2-19(3-1)23-11-13-24(14-12-23)21-22-9-10-25(21)27-20-6-4-17(5-7-20)18-8-15-26-16-18;1-3-4-2/h4-8,15-16,19H,1-3,9-14H2;3-4H2,1-2H3. The van der Waals surface area contributed by atoms with E-state index in [9.17, 15) is 0 Å². The van der Waals surface area contributed by atoms with Gasteiger partial charge >= 0.3 is 0 Å². The maximum absolute atomic E-state index is 4.83. The van der Waals surface area contributed by atoms with Crippen molar-refractivity contribution in [2.45, 2.75) is 56.9 Å². The monoisotopic (exact) mass is 456 g/mol. The van der Waals surface area contributed by atoms with E-state index < -0.39 is 0 Å². The summed E-state index contributed by atoms with van der Waals surface area (Å²) in [5.41, 5.74) is 2.60. The highest BCUT2D eigenvalue weighted by Gasteiger charge is 2.31. The Morgan fingerprint density at radius 3 is 2.26 bits per heavy atom. The molecule has 6 heteroatoms. The zero-order chi connectivity index (χ0) is 21.5. The van der Waals surface area contributed by atoms with Gasteiger partial charge in [0.1, 0.15) is 0 Å². The number of piperazine rings is 1. The molecule has 1 aromatic carbocycles. The highest BCUT2D eigenvalue weighted by Crippen LogP contribution is 2.30. The minimum absolute atomic E-state index is 0.866. The summed E-state index contributed by atoms with van der Waals surface area (Å²) in [5.74, 6) is 1.19. The number of aliphatic imine (C=N–C) groups is 1. The average molecular weight is 457 g/mol. The lowest BCUT2D eigenvalue weighted by atomic mass is 9.91.